The summed E-state index contributed by atoms with van der Waals surface area (Å²) in [4.78, 5) is 0. The molecule has 0 aromatic heterocycles. The number of hydrogen-bond donors (Lipinski definition) is 1. The van der Waals surface area contributed by atoms with Gasteiger partial charge >= 0.3 is 0 Å². The van der Waals surface area contributed by atoms with Crippen LogP contribution in [0.1, 0.15) is 71.6 Å². The van der Waals surface area contributed by atoms with Crippen LogP contribution in [0.4, 0.5) is 0 Å². The van der Waals surface area contributed by atoms with Crippen molar-refractivity contribution in [2.75, 3.05) is 0 Å². The molecule has 0 amide bonds. The van der Waals surface area contributed by atoms with Gasteiger partial charge in [0.15, 0.2) is 0 Å². The molecule has 1 fully saturated rings. The lowest BCUT2D eigenvalue weighted by molar-refractivity contribution is 0.433. The summed E-state index contributed by atoms with van der Waals surface area (Å²) in [6.45, 7) is 3.48. The van der Waals surface area contributed by atoms with Crippen molar-refractivity contribution in [1.82, 2.24) is 4.72 Å². The van der Waals surface area contributed by atoms with E-state index < -0.39 is 10.0 Å². The molecule has 0 aromatic carbocycles. The second kappa shape index (κ2) is 7.37. The molecule has 0 saturated heterocycles. The van der Waals surface area contributed by atoms with E-state index in [1.165, 1.54) is 32.1 Å². The monoisotopic (exact) mass is 261 g/mol. The third-order valence-electron chi connectivity index (χ3n) is 3.56. The SMILES string of the molecule is CC(C)S(=O)(=O)NC1CCCCCCCCC1. The normalized spacial score (nSPS) is 21.6. The van der Waals surface area contributed by atoms with Crippen LogP contribution in [0.25, 0.3) is 0 Å². The maximum atomic E-state index is 11.8. The van der Waals surface area contributed by atoms with Crippen LogP contribution in [-0.2, 0) is 10.0 Å². The second-order valence-corrected chi connectivity index (χ2v) is 7.73. The summed E-state index contributed by atoms with van der Waals surface area (Å²) in [7, 11) is -3.10. The molecule has 3 nitrogen and oxygen atoms in total. The highest BCUT2D eigenvalue weighted by molar-refractivity contribution is 7.90. The van der Waals surface area contributed by atoms with E-state index in [0.29, 0.717) is 0 Å². The third-order valence-corrected chi connectivity index (χ3v) is 5.46. The van der Waals surface area contributed by atoms with Gasteiger partial charge in [-0.2, -0.15) is 0 Å². The molecule has 1 aliphatic rings. The van der Waals surface area contributed by atoms with Crippen molar-refractivity contribution >= 4 is 10.0 Å². The molecule has 4 heteroatoms. The molecule has 0 radical (unpaired) electrons. The summed E-state index contributed by atoms with van der Waals surface area (Å²) >= 11 is 0. The van der Waals surface area contributed by atoms with Crippen molar-refractivity contribution in [2.24, 2.45) is 0 Å². The molecular weight excluding hydrogens is 234 g/mol. The molecule has 0 aliphatic heterocycles. The van der Waals surface area contributed by atoms with Gasteiger partial charge in [-0.3, -0.25) is 0 Å². The largest absolute Gasteiger partial charge is 0.214 e. The van der Waals surface area contributed by atoms with Crippen LogP contribution in [0.5, 0.6) is 0 Å². The standard InChI is InChI=1S/C13H27NO2S/c1-12(2)17(15,16)14-13-10-8-6-4-3-5-7-9-11-13/h12-14H,3-11H2,1-2H3. The van der Waals surface area contributed by atoms with E-state index in [1.807, 2.05) is 0 Å². The van der Waals surface area contributed by atoms with Crippen LogP contribution >= 0.6 is 0 Å². The van der Waals surface area contributed by atoms with E-state index in [1.54, 1.807) is 13.8 Å². The Bertz CT molecular complexity index is 289. The van der Waals surface area contributed by atoms with E-state index in [-0.39, 0.29) is 11.3 Å². The zero-order valence-electron chi connectivity index (χ0n) is 11.2. The van der Waals surface area contributed by atoms with Crippen LogP contribution in [0.15, 0.2) is 0 Å². The number of hydrogen-bond acceptors (Lipinski definition) is 2. The molecule has 1 N–H and O–H groups in total. The molecule has 0 aromatic rings. The van der Waals surface area contributed by atoms with Gasteiger partial charge in [0.2, 0.25) is 10.0 Å². The van der Waals surface area contributed by atoms with Gasteiger partial charge in [0.25, 0.3) is 0 Å². The van der Waals surface area contributed by atoms with Crippen molar-refractivity contribution in [1.29, 1.82) is 0 Å². The van der Waals surface area contributed by atoms with Crippen molar-refractivity contribution in [2.45, 2.75) is 82.9 Å². The van der Waals surface area contributed by atoms with Gasteiger partial charge in [-0.1, -0.05) is 44.9 Å². The number of nitrogens with one attached hydrogen (secondary N) is 1. The average Bonchev–Trinajstić information content (AvgIpc) is 2.26. The molecule has 1 rings (SSSR count). The Morgan fingerprint density at radius 2 is 1.29 bits per heavy atom. The van der Waals surface area contributed by atoms with Gasteiger partial charge in [0, 0.05) is 6.04 Å². The van der Waals surface area contributed by atoms with Crippen molar-refractivity contribution < 1.29 is 8.42 Å². The zero-order valence-corrected chi connectivity index (χ0v) is 12.1. The molecule has 1 aliphatic carbocycles. The fourth-order valence-electron chi connectivity index (χ4n) is 2.30. The molecule has 0 unspecified atom stereocenters. The first-order chi connectivity index (χ1) is 8.02. The van der Waals surface area contributed by atoms with Crippen molar-refractivity contribution in [3.05, 3.63) is 0 Å². The van der Waals surface area contributed by atoms with Gasteiger partial charge in [-0.15, -0.1) is 0 Å². The lowest BCUT2D eigenvalue weighted by atomic mass is 9.98. The Morgan fingerprint density at radius 1 is 0.882 bits per heavy atom. The summed E-state index contributed by atoms with van der Waals surface area (Å²) in [6, 6.07) is 0.167. The first-order valence-electron chi connectivity index (χ1n) is 7.03. The number of rotatable bonds is 3. The predicted octanol–water partition coefficient (Wildman–Crippen LogP) is 3.21. The van der Waals surface area contributed by atoms with Crippen LogP contribution < -0.4 is 4.72 Å². The van der Waals surface area contributed by atoms with Crippen LogP contribution in [-0.4, -0.2) is 19.7 Å². The lowest BCUT2D eigenvalue weighted by Crippen LogP contribution is -2.39. The average molecular weight is 261 g/mol. The highest BCUT2D eigenvalue weighted by Gasteiger charge is 2.20. The van der Waals surface area contributed by atoms with E-state index in [4.69, 9.17) is 0 Å². The molecule has 0 bridgehead atoms. The minimum atomic E-state index is -3.10. The highest BCUT2D eigenvalue weighted by atomic mass is 32.2. The van der Waals surface area contributed by atoms with E-state index in [0.717, 1.165) is 25.7 Å². The van der Waals surface area contributed by atoms with Crippen molar-refractivity contribution in [3.63, 3.8) is 0 Å². The molecule has 102 valence electrons. The summed E-state index contributed by atoms with van der Waals surface area (Å²) in [5, 5.41) is -0.321. The van der Waals surface area contributed by atoms with Crippen LogP contribution in [0.3, 0.4) is 0 Å². The van der Waals surface area contributed by atoms with Gasteiger partial charge in [0.1, 0.15) is 0 Å². The maximum absolute atomic E-state index is 11.8. The smallest absolute Gasteiger partial charge is 0.212 e. The topological polar surface area (TPSA) is 46.2 Å². The third kappa shape index (κ3) is 5.87. The fourth-order valence-corrected chi connectivity index (χ4v) is 3.27. The Hall–Kier alpha value is -0.0900. The van der Waals surface area contributed by atoms with E-state index in [9.17, 15) is 8.42 Å². The van der Waals surface area contributed by atoms with Gasteiger partial charge in [-0.25, -0.2) is 13.1 Å². The minimum absolute atomic E-state index is 0.167. The Balaban J connectivity index is 2.48. The molecule has 0 heterocycles. The molecule has 0 atom stereocenters. The first-order valence-corrected chi connectivity index (χ1v) is 8.58. The van der Waals surface area contributed by atoms with Crippen molar-refractivity contribution in [3.8, 4) is 0 Å². The van der Waals surface area contributed by atoms with Gasteiger partial charge in [-0.05, 0) is 26.7 Å². The molecule has 0 spiro atoms. The summed E-state index contributed by atoms with van der Waals surface area (Å²) in [5.74, 6) is 0. The summed E-state index contributed by atoms with van der Waals surface area (Å²) in [5.41, 5.74) is 0. The Labute approximate surface area is 106 Å². The summed E-state index contributed by atoms with van der Waals surface area (Å²) in [6.07, 6.45) is 10.8. The number of sulfonamides is 1. The predicted molar refractivity (Wildman–Crippen MR) is 72.5 cm³/mol. The van der Waals surface area contributed by atoms with Crippen LogP contribution in [0.2, 0.25) is 0 Å². The van der Waals surface area contributed by atoms with Crippen LogP contribution in [0, 0.1) is 0 Å². The fraction of sp³-hybridized carbons (Fsp3) is 1.00. The van der Waals surface area contributed by atoms with E-state index >= 15 is 0 Å². The highest BCUT2D eigenvalue weighted by Crippen LogP contribution is 2.17. The zero-order chi connectivity index (χ0) is 12.7. The van der Waals surface area contributed by atoms with Gasteiger partial charge < -0.3 is 0 Å². The molecule has 17 heavy (non-hydrogen) atoms. The summed E-state index contributed by atoms with van der Waals surface area (Å²) < 4.78 is 26.6. The minimum Gasteiger partial charge on any atom is -0.212 e. The lowest BCUT2D eigenvalue weighted by Gasteiger charge is -2.21. The Morgan fingerprint density at radius 3 is 1.71 bits per heavy atom. The molecule has 1 saturated carbocycles. The van der Waals surface area contributed by atoms with E-state index in [2.05, 4.69) is 4.72 Å². The first kappa shape index (κ1) is 15.0. The molecular formula is C13H27NO2S. The maximum Gasteiger partial charge on any atom is 0.214 e. The quantitative estimate of drug-likeness (QED) is 0.848. The second-order valence-electron chi connectivity index (χ2n) is 5.46. The van der Waals surface area contributed by atoms with Gasteiger partial charge in [0.05, 0.1) is 5.25 Å². The Kier molecular flexibility index (Phi) is 6.49.